The van der Waals surface area contributed by atoms with Gasteiger partial charge >= 0.3 is 0 Å². The van der Waals surface area contributed by atoms with Gasteiger partial charge in [0.25, 0.3) is 0 Å². The number of benzene rings is 1. The molecule has 130 valence electrons. The first-order valence-electron chi connectivity index (χ1n) is 8.43. The molecule has 0 spiro atoms. The predicted octanol–water partition coefficient (Wildman–Crippen LogP) is 3.80. The molecule has 0 aromatic heterocycles. The van der Waals surface area contributed by atoms with Gasteiger partial charge in [0.2, 0.25) is 10.9 Å². The van der Waals surface area contributed by atoms with Crippen LogP contribution in [-0.2, 0) is 0 Å². The summed E-state index contributed by atoms with van der Waals surface area (Å²) < 4.78 is 0. The van der Waals surface area contributed by atoms with Crippen molar-refractivity contribution >= 4 is 11.9 Å². The minimum absolute atomic E-state index is 0.122. The van der Waals surface area contributed by atoms with Crippen LogP contribution in [-0.4, -0.2) is 6.21 Å². The van der Waals surface area contributed by atoms with E-state index >= 15 is 0 Å². The minimum atomic E-state index is -0.558. The highest BCUT2D eigenvalue weighted by Gasteiger charge is 2.29. The minimum Gasteiger partial charge on any atom is -0.375 e. The van der Waals surface area contributed by atoms with Gasteiger partial charge in [-0.3, -0.25) is 9.59 Å². The summed E-state index contributed by atoms with van der Waals surface area (Å²) in [5, 5.41) is 11.0. The van der Waals surface area contributed by atoms with Crippen LogP contribution in [0.1, 0.15) is 30.0 Å². The Balaban J connectivity index is 1.94. The van der Waals surface area contributed by atoms with Crippen molar-refractivity contribution in [1.29, 1.82) is 5.41 Å². The van der Waals surface area contributed by atoms with Crippen LogP contribution in [0.25, 0.3) is 0 Å². The zero-order valence-corrected chi connectivity index (χ0v) is 14.5. The molecule has 0 radical (unpaired) electrons. The quantitative estimate of drug-likeness (QED) is 0.618. The average Bonchev–Trinajstić information content (AvgIpc) is 2.89. The summed E-state index contributed by atoms with van der Waals surface area (Å²) in [6.45, 7) is 5.82. The first-order chi connectivity index (χ1) is 12.5. The standard InChI is InChI=1S/C22H20N2O2/c1-14-7-6-10-17(12-11-14)18(13-23)19-20(22(26)21(19)25)24-15(2)16-8-4-3-5-9-16/h3-13,15,18,23-24H,1H2,2H3. The molecule has 4 nitrogen and oxygen atoms in total. The highest BCUT2D eigenvalue weighted by molar-refractivity contribution is 5.78. The maximum absolute atomic E-state index is 12.2. The summed E-state index contributed by atoms with van der Waals surface area (Å²) in [4.78, 5) is 24.4. The van der Waals surface area contributed by atoms with E-state index in [-0.39, 0.29) is 6.04 Å². The van der Waals surface area contributed by atoms with E-state index in [1.807, 2.05) is 67.6 Å². The van der Waals surface area contributed by atoms with Gasteiger partial charge in [0.1, 0.15) is 0 Å². The second-order valence-corrected chi connectivity index (χ2v) is 6.30. The predicted molar refractivity (Wildman–Crippen MR) is 107 cm³/mol. The number of anilines is 1. The first kappa shape index (κ1) is 17.5. The third-order valence-electron chi connectivity index (χ3n) is 4.53. The summed E-state index contributed by atoms with van der Waals surface area (Å²) in [5.74, 6) is -0.558. The van der Waals surface area contributed by atoms with E-state index in [4.69, 9.17) is 5.41 Å². The van der Waals surface area contributed by atoms with Gasteiger partial charge in [-0.1, -0.05) is 67.3 Å². The summed E-state index contributed by atoms with van der Waals surface area (Å²) in [5.41, 5.74) is 2.24. The Morgan fingerprint density at radius 3 is 2.50 bits per heavy atom. The molecule has 0 saturated heterocycles. The lowest BCUT2D eigenvalue weighted by molar-refractivity contribution is 0.867. The van der Waals surface area contributed by atoms with Gasteiger partial charge in [-0.15, -0.1) is 0 Å². The van der Waals surface area contributed by atoms with Crippen LogP contribution in [0.15, 0.2) is 88.0 Å². The van der Waals surface area contributed by atoms with E-state index in [9.17, 15) is 9.59 Å². The van der Waals surface area contributed by atoms with E-state index in [0.717, 1.165) is 16.7 Å². The fourth-order valence-electron chi connectivity index (χ4n) is 3.04. The fourth-order valence-corrected chi connectivity index (χ4v) is 3.04. The van der Waals surface area contributed by atoms with Gasteiger partial charge in [0, 0.05) is 23.7 Å². The summed E-state index contributed by atoms with van der Waals surface area (Å²) in [7, 11) is 0. The second-order valence-electron chi connectivity index (χ2n) is 6.30. The summed E-state index contributed by atoms with van der Waals surface area (Å²) in [6, 6.07) is 9.58. The topological polar surface area (TPSA) is 70.0 Å². The van der Waals surface area contributed by atoms with Crippen LogP contribution in [0.4, 0.5) is 5.69 Å². The van der Waals surface area contributed by atoms with E-state index in [0.29, 0.717) is 11.3 Å². The van der Waals surface area contributed by atoms with Gasteiger partial charge < -0.3 is 10.7 Å². The van der Waals surface area contributed by atoms with Crippen LogP contribution < -0.4 is 16.2 Å². The van der Waals surface area contributed by atoms with Crippen molar-refractivity contribution in [3.63, 3.8) is 0 Å². The van der Waals surface area contributed by atoms with Crippen molar-refractivity contribution in [2.45, 2.75) is 18.9 Å². The van der Waals surface area contributed by atoms with Crippen LogP contribution >= 0.6 is 0 Å². The van der Waals surface area contributed by atoms with Gasteiger partial charge in [-0.2, -0.15) is 0 Å². The fraction of sp³-hybridized carbons (Fsp3) is 0.136. The van der Waals surface area contributed by atoms with Gasteiger partial charge in [-0.25, -0.2) is 0 Å². The third kappa shape index (κ3) is 3.26. The van der Waals surface area contributed by atoms with E-state index < -0.39 is 16.8 Å². The van der Waals surface area contributed by atoms with Gasteiger partial charge in [-0.05, 0) is 23.6 Å². The molecule has 0 amide bonds. The van der Waals surface area contributed by atoms with E-state index in [2.05, 4.69) is 11.9 Å². The normalized spacial score (nSPS) is 16.0. The highest BCUT2D eigenvalue weighted by atomic mass is 16.2. The Kier molecular flexibility index (Phi) is 4.94. The molecule has 2 N–H and O–H groups in total. The number of nitrogens with one attached hydrogen (secondary N) is 2. The molecule has 0 heterocycles. The van der Waals surface area contributed by atoms with Crippen LogP contribution in [0.2, 0.25) is 0 Å². The molecule has 2 aromatic rings. The molecule has 0 bridgehead atoms. The Bertz CT molecular complexity index is 1000. The lowest BCUT2D eigenvalue weighted by atomic mass is 9.86. The number of hydrogen-bond acceptors (Lipinski definition) is 4. The molecule has 4 heteroatoms. The van der Waals surface area contributed by atoms with Crippen molar-refractivity contribution in [3.8, 4) is 0 Å². The Labute approximate surface area is 152 Å². The van der Waals surface area contributed by atoms with Crippen molar-refractivity contribution in [2.24, 2.45) is 0 Å². The molecule has 3 rings (SSSR count). The Morgan fingerprint density at radius 2 is 1.81 bits per heavy atom. The maximum atomic E-state index is 12.2. The van der Waals surface area contributed by atoms with Crippen molar-refractivity contribution in [3.05, 3.63) is 110 Å². The summed E-state index contributed by atoms with van der Waals surface area (Å²) in [6.07, 6.45) is 10.4. The lowest BCUT2D eigenvalue weighted by Crippen LogP contribution is -2.41. The SMILES string of the molecule is C=C1C=CC=C(C(C=N)c2c(NC(C)c3ccccc3)c(=O)c2=O)C=C1. The lowest BCUT2D eigenvalue weighted by Gasteiger charge is -2.23. The molecular formula is C22H20N2O2. The number of rotatable bonds is 6. The Hall–Kier alpha value is -3.27. The monoisotopic (exact) mass is 344 g/mol. The zero-order chi connectivity index (χ0) is 18.7. The van der Waals surface area contributed by atoms with Crippen molar-refractivity contribution < 1.29 is 0 Å². The van der Waals surface area contributed by atoms with E-state index in [1.165, 1.54) is 6.21 Å². The molecule has 1 aliphatic carbocycles. The highest BCUT2D eigenvalue weighted by Crippen LogP contribution is 2.30. The molecule has 0 aliphatic heterocycles. The molecule has 2 unspecified atom stereocenters. The molecule has 0 saturated carbocycles. The molecule has 26 heavy (non-hydrogen) atoms. The smallest absolute Gasteiger partial charge is 0.249 e. The first-order valence-corrected chi connectivity index (χ1v) is 8.43. The maximum Gasteiger partial charge on any atom is 0.249 e. The third-order valence-corrected chi connectivity index (χ3v) is 4.53. The molecule has 0 fully saturated rings. The van der Waals surface area contributed by atoms with Gasteiger partial charge in [0.15, 0.2) is 0 Å². The molecule has 2 aromatic carbocycles. The molecule has 2 atom stereocenters. The number of allylic oxidation sites excluding steroid dienone is 7. The van der Waals surface area contributed by atoms with Crippen molar-refractivity contribution in [1.82, 2.24) is 0 Å². The molecular weight excluding hydrogens is 324 g/mol. The van der Waals surface area contributed by atoms with Crippen LogP contribution in [0, 0.1) is 5.41 Å². The zero-order valence-electron chi connectivity index (χ0n) is 14.5. The van der Waals surface area contributed by atoms with E-state index in [1.54, 1.807) is 0 Å². The summed E-state index contributed by atoms with van der Waals surface area (Å²) >= 11 is 0. The second kappa shape index (κ2) is 7.31. The van der Waals surface area contributed by atoms with Crippen molar-refractivity contribution in [2.75, 3.05) is 5.32 Å². The average molecular weight is 344 g/mol. The van der Waals surface area contributed by atoms with Gasteiger partial charge in [0.05, 0.1) is 5.69 Å². The van der Waals surface area contributed by atoms with Crippen LogP contribution in [0.5, 0.6) is 0 Å². The molecule has 1 aliphatic rings. The Morgan fingerprint density at radius 1 is 1.08 bits per heavy atom. The number of hydrogen-bond donors (Lipinski definition) is 2. The largest absolute Gasteiger partial charge is 0.375 e. The van der Waals surface area contributed by atoms with Crippen LogP contribution in [0.3, 0.4) is 0 Å².